The molecular formula is C6H13N3O5S2. The van der Waals surface area contributed by atoms with E-state index in [1.54, 1.807) is 0 Å². The third-order valence-electron chi connectivity index (χ3n) is 1.23. The van der Waals surface area contributed by atoms with E-state index < -0.39 is 21.8 Å². The fourth-order valence-corrected chi connectivity index (χ4v) is 2.07. The zero-order valence-electron chi connectivity index (χ0n) is 8.29. The van der Waals surface area contributed by atoms with E-state index in [9.17, 15) is 13.2 Å². The Morgan fingerprint density at radius 3 is 2.62 bits per heavy atom. The molecule has 0 aliphatic heterocycles. The first-order valence-electron chi connectivity index (χ1n) is 4.16. The van der Waals surface area contributed by atoms with Gasteiger partial charge in [-0.15, -0.1) is 0 Å². The number of nitrogens with zero attached hydrogens (tertiary/aromatic N) is 1. The van der Waals surface area contributed by atoms with Crippen LogP contribution in [0.4, 0.5) is 0 Å². The number of carbonyl (C=O) groups is 1. The summed E-state index contributed by atoms with van der Waals surface area (Å²) in [5.41, 5.74) is 5.32. The van der Waals surface area contributed by atoms with Gasteiger partial charge in [-0.3, -0.25) is 14.3 Å². The fourth-order valence-electron chi connectivity index (χ4n) is 0.576. The highest BCUT2D eigenvalue weighted by molar-refractivity contribution is 7.98. The molecular weight excluding hydrogens is 258 g/mol. The first-order valence-corrected chi connectivity index (χ1v) is 6.75. The molecule has 0 heterocycles. The van der Waals surface area contributed by atoms with Crippen molar-refractivity contribution in [1.82, 2.24) is 4.72 Å². The molecule has 0 unspecified atom stereocenters. The van der Waals surface area contributed by atoms with Crippen LogP contribution in [0.3, 0.4) is 0 Å². The molecule has 0 fully saturated rings. The molecule has 0 spiro atoms. The molecule has 5 N–H and O–H groups in total. The second kappa shape index (κ2) is 7.30. The lowest BCUT2D eigenvalue weighted by Gasteiger charge is -2.02. The van der Waals surface area contributed by atoms with E-state index in [0.717, 1.165) is 11.9 Å². The maximum absolute atomic E-state index is 10.3. The van der Waals surface area contributed by atoms with Crippen molar-refractivity contribution in [1.29, 1.82) is 0 Å². The van der Waals surface area contributed by atoms with Crippen molar-refractivity contribution in [3.8, 4) is 0 Å². The third kappa shape index (κ3) is 11.1. The van der Waals surface area contributed by atoms with Crippen molar-refractivity contribution in [2.45, 2.75) is 6.42 Å². The molecule has 8 nitrogen and oxygen atoms in total. The molecule has 94 valence electrons. The van der Waals surface area contributed by atoms with Crippen LogP contribution in [0.25, 0.3) is 0 Å². The summed E-state index contributed by atoms with van der Waals surface area (Å²) in [6.07, 6.45) is -0.127. The second-order valence-corrected chi connectivity index (χ2v) is 5.12. The maximum Gasteiger partial charge on any atom is 0.305 e. The van der Waals surface area contributed by atoms with Gasteiger partial charge in [0.15, 0.2) is 5.96 Å². The monoisotopic (exact) mass is 271 g/mol. The van der Waals surface area contributed by atoms with Gasteiger partial charge >= 0.3 is 5.97 Å². The van der Waals surface area contributed by atoms with Crippen LogP contribution in [0.5, 0.6) is 0 Å². The summed E-state index contributed by atoms with van der Waals surface area (Å²) in [7, 11) is -3.97. The number of rotatable bonds is 7. The summed E-state index contributed by atoms with van der Waals surface area (Å²) >= 11 is 0.955. The fraction of sp³-hybridized carbons (Fsp3) is 0.667. The van der Waals surface area contributed by atoms with E-state index in [-0.39, 0.29) is 24.7 Å². The Balaban J connectivity index is 3.65. The van der Waals surface area contributed by atoms with Crippen LogP contribution in [0.2, 0.25) is 0 Å². The predicted molar refractivity (Wildman–Crippen MR) is 60.8 cm³/mol. The van der Waals surface area contributed by atoms with Crippen LogP contribution in [0.15, 0.2) is 4.99 Å². The first-order chi connectivity index (χ1) is 7.31. The molecule has 16 heavy (non-hydrogen) atoms. The van der Waals surface area contributed by atoms with E-state index in [4.69, 9.17) is 15.4 Å². The van der Waals surface area contributed by atoms with Crippen LogP contribution < -0.4 is 10.5 Å². The Kier molecular flexibility index (Phi) is 6.85. The van der Waals surface area contributed by atoms with Crippen LogP contribution >= 0.6 is 11.9 Å². The quantitative estimate of drug-likeness (QED) is 0.150. The molecule has 0 aliphatic rings. The lowest BCUT2D eigenvalue weighted by Crippen LogP contribution is -2.27. The Morgan fingerprint density at radius 1 is 1.50 bits per heavy atom. The van der Waals surface area contributed by atoms with E-state index in [1.807, 2.05) is 0 Å². The summed E-state index contributed by atoms with van der Waals surface area (Å²) in [4.78, 5) is 13.8. The Morgan fingerprint density at radius 2 is 2.12 bits per heavy atom. The smallest absolute Gasteiger partial charge is 0.305 e. The number of aliphatic carboxylic acids is 1. The predicted octanol–water partition coefficient (Wildman–Crippen LogP) is -1.10. The molecule has 0 bridgehead atoms. The average molecular weight is 271 g/mol. The number of aliphatic imine (C=N–C) groups is 1. The summed E-state index contributed by atoms with van der Waals surface area (Å²) < 4.78 is 31.5. The molecule has 0 aromatic carbocycles. The topological polar surface area (TPSA) is 142 Å². The van der Waals surface area contributed by atoms with Gasteiger partial charge in [-0.1, -0.05) is 0 Å². The standard InChI is InChI=1S/C6H13N3O5S2/c7-6(8-2-1-5(10)11)9-15-3-4-16(12,13)14/h1-4H2,(H,10,11)(H3,7,8,9)(H,12,13,14). The zero-order chi connectivity index (χ0) is 12.6. The highest BCUT2D eigenvalue weighted by atomic mass is 32.2. The minimum absolute atomic E-state index is 0.0154. The van der Waals surface area contributed by atoms with E-state index in [0.29, 0.717) is 0 Å². The summed E-state index contributed by atoms with van der Waals surface area (Å²) in [5, 5.41) is 8.30. The minimum Gasteiger partial charge on any atom is -0.481 e. The van der Waals surface area contributed by atoms with Crippen LogP contribution in [-0.2, 0) is 14.9 Å². The molecule has 0 rings (SSSR count). The largest absolute Gasteiger partial charge is 0.481 e. The maximum atomic E-state index is 10.3. The molecule has 0 aromatic rings. The molecule has 0 saturated heterocycles. The van der Waals surface area contributed by atoms with Crippen molar-refractivity contribution in [2.24, 2.45) is 10.7 Å². The van der Waals surface area contributed by atoms with Gasteiger partial charge in [0, 0.05) is 5.75 Å². The zero-order valence-corrected chi connectivity index (χ0v) is 9.92. The van der Waals surface area contributed by atoms with E-state index in [1.165, 1.54) is 0 Å². The average Bonchev–Trinajstić information content (AvgIpc) is 2.10. The molecule has 0 aliphatic carbocycles. The lowest BCUT2D eigenvalue weighted by molar-refractivity contribution is -0.136. The van der Waals surface area contributed by atoms with Gasteiger partial charge in [0.1, 0.15) is 0 Å². The molecule has 0 saturated carbocycles. The summed E-state index contributed by atoms with van der Waals surface area (Å²) in [6, 6.07) is 0. The number of nitrogens with two attached hydrogens (primary N) is 1. The van der Waals surface area contributed by atoms with Crippen LogP contribution in [0, 0.1) is 0 Å². The minimum atomic E-state index is -3.97. The SMILES string of the molecule is NC(=NCCC(=O)O)NSCCS(=O)(=O)O. The van der Waals surface area contributed by atoms with Gasteiger partial charge < -0.3 is 15.6 Å². The van der Waals surface area contributed by atoms with Gasteiger partial charge in [0.2, 0.25) is 0 Å². The molecule has 0 radical (unpaired) electrons. The van der Waals surface area contributed by atoms with Gasteiger partial charge in [0.05, 0.1) is 18.7 Å². The van der Waals surface area contributed by atoms with Crippen molar-refractivity contribution in [2.75, 3.05) is 18.1 Å². The van der Waals surface area contributed by atoms with Crippen LogP contribution in [-0.4, -0.2) is 48.1 Å². The number of carboxylic acids is 1. The summed E-state index contributed by atoms with van der Waals surface area (Å²) in [5.74, 6) is -1.25. The normalized spacial score (nSPS) is 12.4. The lowest BCUT2D eigenvalue weighted by atomic mass is 10.4. The van der Waals surface area contributed by atoms with E-state index >= 15 is 0 Å². The molecule has 0 aromatic heterocycles. The Hall–Kier alpha value is -1.00. The van der Waals surface area contributed by atoms with Gasteiger partial charge in [-0.25, -0.2) is 0 Å². The van der Waals surface area contributed by atoms with Gasteiger partial charge in [-0.05, 0) is 11.9 Å². The number of guanidine groups is 1. The highest BCUT2D eigenvalue weighted by Gasteiger charge is 2.03. The van der Waals surface area contributed by atoms with Crippen molar-refractivity contribution >= 4 is 34.0 Å². The number of hydrogen-bond acceptors (Lipinski definition) is 5. The number of carboxylic acid groups (broad SMARTS) is 1. The molecule has 0 amide bonds. The molecule has 0 atom stereocenters. The van der Waals surface area contributed by atoms with Crippen molar-refractivity contribution in [3.63, 3.8) is 0 Å². The Bertz CT molecular complexity index is 353. The van der Waals surface area contributed by atoms with E-state index in [2.05, 4.69) is 9.71 Å². The van der Waals surface area contributed by atoms with Crippen LogP contribution in [0.1, 0.15) is 6.42 Å². The van der Waals surface area contributed by atoms with Crippen molar-refractivity contribution in [3.05, 3.63) is 0 Å². The van der Waals surface area contributed by atoms with Gasteiger partial charge in [-0.2, -0.15) is 8.42 Å². The number of hydrogen-bond donors (Lipinski definition) is 4. The second-order valence-electron chi connectivity index (χ2n) is 2.65. The third-order valence-corrected chi connectivity index (χ3v) is 2.97. The Labute approximate surface area is 97.2 Å². The summed E-state index contributed by atoms with van der Waals surface area (Å²) in [6.45, 7) is 0.0486. The first kappa shape index (κ1) is 15.0. The van der Waals surface area contributed by atoms with Crippen molar-refractivity contribution < 1.29 is 22.9 Å². The number of nitrogens with one attached hydrogen (secondary N) is 1. The molecule has 10 heteroatoms. The van der Waals surface area contributed by atoms with Gasteiger partial charge in [0.25, 0.3) is 10.1 Å². The highest BCUT2D eigenvalue weighted by Crippen LogP contribution is 1.95.